The molecule has 5 nitrogen and oxygen atoms in total. The molecule has 0 heterocycles. The summed E-state index contributed by atoms with van der Waals surface area (Å²) in [5, 5.41) is 11.6. The summed E-state index contributed by atoms with van der Waals surface area (Å²) < 4.78 is 13.3. The van der Waals surface area contributed by atoms with E-state index in [4.69, 9.17) is 10.8 Å². The van der Waals surface area contributed by atoms with Crippen molar-refractivity contribution in [2.24, 2.45) is 0 Å². The Kier molecular flexibility index (Phi) is 3.89. The van der Waals surface area contributed by atoms with Crippen LogP contribution in [0.5, 0.6) is 0 Å². The molecule has 0 bridgehead atoms. The van der Waals surface area contributed by atoms with Crippen molar-refractivity contribution in [2.45, 2.75) is 6.92 Å². The van der Waals surface area contributed by atoms with Crippen LogP contribution in [0.15, 0.2) is 36.4 Å². The molecule has 0 fully saturated rings. The van der Waals surface area contributed by atoms with Gasteiger partial charge in [-0.25, -0.2) is 9.18 Å². The number of hydrogen-bond donors (Lipinski definition) is 3. The highest BCUT2D eigenvalue weighted by Gasteiger charge is 2.16. The van der Waals surface area contributed by atoms with Gasteiger partial charge in [-0.1, -0.05) is 17.7 Å². The van der Waals surface area contributed by atoms with Gasteiger partial charge in [0.05, 0.1) is 22.5 Å². The van der Waals surface area contributed by atoms with Crippen LogP contribution in [0.2, 0.25) is 0 Å². The first-order valence-electron chi connectivity index (χ1n) is 6.09. The van der Waals surface area contributed by atoms with Gasteiger partial charge in [-0.3, -0.25) is 4.79 Å². The van der Waals surface area contributed by atoms with E-state index in [-0.39, 0.29) is 22.5 Å². The molecule has 21 heavy (non-hydrogen) atoms. The second kappa shape index (κ2) is 5.62. The van der Waals surface area contributed by atoms with E-state index in [0.29, 0.717) is 0 Å². The van der Waals surface area contributed by atoms with E-state index < -0.39 is 17.7 Å². The van der Waals surface area contributed by atoms with Crippen molar-refractivity contribution in [3.05, 3.63) is 58.9 Å². The number of hydrogen-bond acceptors (Lipinski definition) is 3. The van der Waals surface area contributed by atoms with Crippen molar-refractivity contribution in [3.63, 3.8) is 0 Å². The lowest BCUT2D eigenvalue weighted by molar-refractivity contribution is 0.0698. The third-order valence-corrected chi connectivity index (χ3v) is 2.95. The Morgan fingerprint density at radius 1 is 1.19 bits per heavy atom. The lowest BCUT2D eigenvalue weighted by atomic mass is 10.1. The molecule has 0 unspecified atom stereocenters. The molecular formula is C15H13FN2O3. The summed E-state index contributed by atoms with van der Waals surface area (Å²) in [6.45, 7) is 1.74. The Bertz CT molecular complexity index is 729. The van der Waals surface area contributed by atoms with Crippen LogP contribution in [0.25, 0.3) is 0 Å². The van der Waals surface area contributed by atoms with Gasteiger partial charge in [0.25, 0.3) is 5.91 Å². The fraction of sp³-hybridized carbons (Fsp3) is 0.0667. The molecule has 4 N–H and O–H groups in total. The van der Waals surface area contributed by atoms with Crippen molar-refractivity contribution in [1.82, 2.24) is 0 Å². The molecule has 2 aromatic carbocycles. The number of carboxylic acid groups (broad SMARTS) is 1. The first-order valence-corrected chi connectivity index (χ1v) is 6.09. The first kappa shape index (κ1) is 14.5. The highest BCUT2D eigenvalue weighted by Crippen LogP contribution is 2.21. The average molecular weight is 288 g/mol. The number of carbonyl (C=O) groups excluding carboxylic acids is 1. The Morgan fingerprint density at radius 2 is 1.90 bits per heavy atom. The Hall–Kier alpha value is -2.89. The molecule has 0 aliphatic heterocycles. The number of nitrogens with one attached hydrogen (secondary N) is 1. The molecular weight excluding hydrogens is 275 g/mol. The van der Waals surface area contributed by atoms with Crippen molar-refractivity contribution in [2.75, 3.05) is 11.1 Å². The number of carboxylic acids is 1. The lowest BCUT2D eigenvalue weighted by Crippen LogP contribution is -2.17. The van der Waals surface area contributed by atoms with Crippen LogP contribution in [0.1, 0.15) is 26.3 Å². The molecule has 0 aliphatic rings. The number of carbonyl (C=O) groups is 2. The van der Waals surface area contributed by atoms with E-state index in [9.17, 15) is 14.0 Å². The summed E-state index contributed by atoms with van der Waals surface area (Å²) in [5.74, 6) is -2.54. The Balaban J connectivity index is 2.36. The van der Waals surface area contributed by atoms with Gasteiger partial charge in [0.15, 0.2) is 0 Å². The molecule has 0 atom stereocenters. The van der Waals surface area contributed by atoms with Gasteiger partial charge >= 0.3 is 5.97 Å². The predicted octanol–water partition coefficient (Wildman–Crippen LogP) is 2.67. The van der Waals surface area contributed by atoms with Crippen LogP contribution >= 0.6 is 0 Å². The molecule has 0 aliphatic carbocycles. The van der Waals surface area contributed by atoms with Crippen molar-refractivity contribution in [1.29, 1.82) is 0 Å². The predicted molar refractivity (Wildman–Crippen MR) is 76.9 cm³/mol. The first-order chi connectivity index (χ1) is 9.90. The summed E-state index contributed by atoms with van der Waals surface area (Å²) in [6, 6.07) is 8.44. The zero-order valence-corrected chi connectivity index (χ0v) is 11.2. The van der Waals surface area contributed by atoms with Gasteiger partial charge in [-0.05, 0) is 31.2 Å². The SMILES string of the molecule is Cc1ccc(NC(=O)c2cccc(F)c2N)c(C(=O)O)c1. The normalized spacial score (nSPS) is 10.2. The quantitative estimate of drug-likeness (QED) is 0.757. The van der Waals surface area contributed by atoms with Crippen molar-refractivity contribution in [3.8, 4) is 0 Å². The van der Waals surface area contributed by atoms with Gasteiger partial charge in [0.2, 0.25) is 0 Å². The number of para-hydroxylation sites is 1. The minimum atomic E-state index is -1.17. The molecule has 0 saturated carbocycles. The number of aryl methyl sites for hydroxylation is 1. The molecule has 0 saturated heterocycles. The minimum absolute atomic E-state index is 0.0432. The van der Waals surface area contributed by atoms with E-state index in [1.165, 1.54) is 24.3 Å². The monoisotopic (exact) mass is 288 g/mol. The van der Waals surface area contributed by atoms with Crippen molar-refractivity contribution < 1.29 is 19.1 Å². The number of aromatic carboxylic acids is 1. The van der Waals surface area contributed by atoms with E-state index >= 15 is 0 Å². The number of rotatable bonds is 3. The van der Waals surface area contributed by atoms with Gasteiger partial charge < -0.3 is 16.2 Å². The maximum absolute atomic E-state index is 13.3. The number of halogens is 1. The van der Waals surface area contributed by atoms with E-state index in [1.807, 2.05) is 0 Å². The van der Waals surface area contributed by atoms with E-state index in [2.05, 4.69) is 5.32 Å². The molecule has 1 amide bonds. The molecule has 108 valence electrons. The zero-order valence-electron chi connectivity index (χ0n) is 11.2. The summed E-state index contributed by atoms with van der Waals surface area (Å²) in [6.07, 6.45) is 0. The number of nitrogens with two attached hydrogens (primary N) is 1. The van der Waals surface area contributed by atoms with Crippen LogP contribution in [0.3, 0.4) is 0 Å². The molecule has 0 spiro atoms. The zero-order chi connectivity index (χ0) is 15.6. The Morgan fingerprint density at radius 3 is 2.57 bits per heavy atom. The summed E-state index contributed by atoms with van der Waals surface area (Å²) in [5.41, 5.74) is 6.01. The maximum Gasteiger partial charge on any atom is 0.337 e. The van der Waals surface area contributed by atoms with Gasteiger partial charge in [-0.15, -0.1) is 0 Å². The standard InChI is InChI=1S/C15H13FN2O3/c1-8-5-6-12(10(7-8)15(20)21)18-14(19)9-3-2-4-11(16)13(9)17/h2-7H,17H2,1H3,(H,18,19)(H,20,21). The van der Waals surface area contributed by atoms with Crippen LogP contribution in [0, 0.1) is 12.7 Å². The van der Waals surface area contributed by atoms with Crippen LogP contribution in [-0.4, -0.2) is 17.0 Å². The highest BCUT2D eigenvalue weighted by molar-refractivity contribution is 6.10. The van der Waals surface area contributed by atoms with E-state index in [1.54, 1.807) is 13.0 Å². The van der Waals surface area contributed by atoms with Crippen LogP contribution in [-0.2, 0) is 0 Å². The number of benzene rings is 2. The van der Waals surface area contributed by atoms with Gasteiger partial charge in [-0.2, -0.15) is 0 Å². The fourth-order valence-corrected chi connectivity index (χ4v) is 1.87. The number of anilines is 2. The van der Waals surface area contributed by atoms with Crippen LogP contribution in [0.4, 0.5) is 15.8 Å². The topological polar surface area (TPSA) is 92.4 Å². The molecule has 0 aromatic heterocycles. The summed E-state index contributed by atoms with van der Waals surface area (Å²) >= 11 is 0. The fourth-order valence-electron chi connectivity index (χ4n) is 1.87. The molecule has 2 rings (SSSR count). The van der Waals surface area contributed by atoms with Crippen molar-refractivity contribution >= 4 is 23.3 Å². The average Bonchev–Trinajstić information content (AvgIpc) is 2.43. The largest absolute Gasteiger partial charge is 0.478 e. The Labute approximate surface area is 120 Å². The second-order valence-corrected chi connectivity index (χ2v) is 4.51. The minimum Gasteiger partial charge on any atom is -0.478 e. The third-order valence-electron chi connectivity index (χ3n) is 2.95. The van der Waals surface area contributed by atoms with Crippen LogP contribution < -0.4 is 11.1 Å². The molecule has 6 heteroatoms. The summed E-state index contributed by atoms with van der Waals surface area (Å²) in [4.78, 5) is 23.3. The maximum atomic E-state index is 13.3. The molecule has 0 radical (unpaired) electrons. The third kappa shape index (κ3) is 3.00. The highest BCUT2D eigenvalue weighted by atomic mass is 19.1. The second-order valence-electron chi connectivity index (χ2n) is 4.51. The number of nitrogen functional groups attached to an aromatic ring is 1. The smallest absolute Gasteiger partial charge is 0.337 e. The number of amides is 1. The lowest BCUT2D eigenvalue weighted by Gasteiger charge is -2.11. The molecule has 2 aromatic rings. The van der Waals surface area contributed by atoms with Gasteiger partial charge in [0, 0.05) is 0 Å². The van der Waals surface area contributed by atoms with E-state index in [0.717, 1.165) is 11.6 Å². The van der Waals surface area contributed by atoms with Gasteiger partial charge in [0.1, 0.15) is 5.82 Å². The summed E-state index contributed by atoms with van der Waals surface area (Å²) in [7, 11) is 0.